The maximum absolute atomic E-state index is 12.2. The molecule has 0 unspecified atom stereocenters. The summed E-state index contributed by atoms with van der Waals surface area (Å²) >= 11 is 12.0. The van der Waals surface area contributed by atoms with E-state index >= 15 is 0 Å². The number of rotatable bonds is 7. The third-order valence-electron chi connectivity index (χ3n) is 4.23. The summed E-state index contributed by atoms with van der Waals surface area (Å²) in [6.45, 7) is 0.273. The van der Waals surface area contributed by atoms with Crippen molar-refractivity contribution in [3.8, 4) is 0 Å². The molecule has 0 aromatic heterocycles. The topological polar surface area (TPSA) is 38.3 Å². The fourth-order valence-corrected chi connectivity index (χ4v) is 3.17. The minimum atomic E-state index is -0.427. The summed E-state index contributed by atoms with van der Waals surface area (Å²) in [4.78, 5) is 17.6. The maximum atomic E-state index is 12.2. The van der Waals surface area contributed by atoms with Crippen LogP contribution in [-0.4, -0.2) is 5.91 Å². The molecule has 0 bridgehead atoms. The van der Waals surface area contributed by atoms with Crippen molar-refractivity contribution >= 4 is 29.1 Å². The number of hydrogen-bond acceptors (Lipinski definition) is 2. The number of halogens is 2. The van der Waals surface area contributed by atoms with Crippen LogP contribution in [0.25, 0.3) is 0 Å². The number of benzene rings is 3. The molecule has 0 aliphatic rings. The van der Waals surface area contributed by atoms with Crippen LogP contribution in [0.1, 0.15) is 27.0 Å². The van der Waals surface area contributed by atoms with Gasteiger partial charge in [-0.15, -0.1) is 0 Å². The average Bonchev–Trinajstić information content (AvgIpc) is 2.70. The van der Waals surface area contributed by atoms with Crippen LogP contribution in [0.15, 0.2) is 72.8 Å². The number of nitrogens with one attached hydrogen (secondary N) is 1. The minimum absolute atomic E-state index is 0.212. The van der Waals surface area contributed by atoms with E-state index in [9.17, 15) is 4.79 Å². The van der Waals surface area contributed by atoms with Crippen molar-refractivity contribution in [1.82, 2.24) is 5.48 Å². The lowest BCUT2D eigenvalue weighted by molar-refractivity contribution is 0.0231. The molecule has 0 atom stereocenters. The molecule has 0 saturated heterocycles. The van der Waals surface area contributed by atoms with Crippen LogP contribution >= 0.6 is 23.2 Å². The van der Waals surface area contributed by atoms with Gasteiger partial charge < -0.3 is 0 Å². The highest BCUT2D eigenvalue weighted by molar-refractivity contribution is 6.43. The van der Waals surface area contributed by atoms with Gasteiger partial charge >= 0.3 is 0 Å². The molecule has 3 aromatic rings. The van der Waals surface area contributed by atoms with E-state index < -0.39 is 5.91 Å². The smallest absolute Gasteiger partial charge is 0.269 e. The molecule has 1 amide bonds. The summed E-state index contributed by atoms with van der Waals surface area (Å²) in [5.41, 5.74) is 6.23. The van der Waals surface area contributed by atoms with Gasteiger partial charge in [-0.05, 0) is 41.7 Å². The molecule has 138 valence electrons. The van der Waals surface area contributed by atoms with Crippen LogP contribution in [-0.2, 0) is 24.3 Å². The van der Waals surface area contributed by atoms with Crippen molar-refractivity contribution in [1.29, 1.82) is 0 Å². The molecule has 5 heteroatoms. The summed E-state index contributed by atoms with van der Waals surface area (Å²) < 4.78 is 0. The Morgan fingerprint density at radius 3 is 2.30 bits per heavy atom. The van der Waals surface area contributed by atoms with Gasteiger partial charge in [-0.25, -0.2) is 5.48 Å². The number of carbonyl (C=O) groups excluding carboxylic acids is 1. The fraction of sp³-hybridized carbons (Fsp3) is 0.136. The van der Waals surface area contributed by atoms with E-state index in [0.29, 0.717) is 5.02 Å². The summed E-state index contributed by atoms with van der Waals surface area (Å²) in [6, 6.07) is 23.3. The van der Waals surface area contributed by atoms with Crippen molar-refractivity contribution < 1.29 is 9.63 Å². The number of amides is 1. The number of aryl methyl sites for hydroxylation is 2. The summed E-state index contributed by atoms with van der Waals surface area (Å²) in [6.07, 6.45) is 1.85. The first kappa shape index (κ1) is 19.4. The molecule has 0 aliphatic heterocycles. The van der Waals surface area contributed by atoms with E-state index in [4.69, 9.17) is 28.0 Å². The Labute approximate surface area is 168 Å². The van der Waals surface area contributed by atoms with E-state index in [1.54, 1.807) is 18.2 Å². The molecule has 3 aromatic carbocycles. The van der Waals surface area contributed by atoms with Gasteiger partial charge in [0.15, 0.2) is 0 Å². The predicted molar refractivity (Wildman–Crippen MR) is 109 cm³/mol. The molecule has 3 nitrogen and oxygen atoms in total. The standard InChI is InChI=1S/C22H19Cl2NO2/c23-20-12-6-11-19(21(20)24)22(26)25-27-15-18-10-5-4-9-17(18)14-13-16-7-2-1-3-8-16/h1-12H,13-15H2,(H,25,26). The van der Waals surface area contributed by atoms with Crippen LogP contribution in [0.2, 0.25) is 10.0 Å². The highest BCUT2D eigenvalue weighted by Gasteiger charge is 2.13. The van der Waals surface area contributed by atoms with Gasteiger partial charge in [0.1, 0.15) is 6.61 Å². The Bertz CT molecular complexity index is 913. The molecule has 3 rings (SSSR count). The van der Waals surface area contributed by atoms with E-state index in [1.165, 1.54) is 11.1 Å². The lowest BCUT2D eigenvalue weighted by atomic mass is 10.0. The molecule has 0 spiro atoms. The highest BCUT2D eigenvalue weighted by Crippen LogP contribution is 2.25. The SMILES string of the molecule is O=C(NOCc1ccccc1CCc1ccccc1)c1cccc(Cl)c1Cl. The Morgan fingerprint density at radius 1 is 0.815 bits per heavy atom. The van der Waals surface area contributed by atoms with E-state index in [2.05, 4.69) is 23.7 Å². The van der Waals surface area contributed by atoms with Gasteiger partial charge in [0.2, 0.25) is 0 Å². The lowest BCUT2D eigenvalue weighted by Gasteiger charge is -2.11. The molecular formula is C22H19Cl2NO2. The third kappa shape index (κ3) is 5.33. The van der Waals surface area contributed by atoms with Gasteiger partial charge in [-0.1, -0.05) is 83.9 Å². The first-order chi connectivity index (χ1) is 13.1. The van der Waals surface area contributed by atoms with Crippen LogP contribution in [0.4, 0.5) is 0 Å². The molecule has 27 heavy (non-hydrogen) atoms. The quantitative estimate of drug-likeness (QED) is 0.522. The normalized spacial score (nSPS) is 10.6. The maximum Gasteiger partial charge on any atom is 0.276 e. The van der Waals surface area contributed by atoms with E-state index in [-0.39, 0.29) is 17.2 Å². The Balaban J connectivity index is 1.58. The molecular weight excluding hydrogens is 381 g/mol. The summed E-state index contributed by atoms with van der Waals surface area (Å²) in [5, 5.41) is 0.541. The van der Waals surface area contributed by atoms with Crippen LogP contribution in [0.3, 0.4) is 0 Å². The molecule has 0 fully saturated rings. The third-order valence-corrected chi connectivity index (χ3v) is 5.05. The number of hydrogen-bond donors (Lipinski definition) is 1. The first-order valence-corrected chi connectivity index (χ1v) is 9.37. The number of carbonyl (C=O) groups is 1. The second-order valence-corrected chi connectivity index (χ2v) is 6.86. The van der Waals surface area contributed by atoms with Crippen LogP contribution < -0.4 is 5.48 Å². The highest BCUT2D eigenvalue weighted by atomic mass is 35.5. The van der Waals surface area contributed by atoms with Gasteiger partial charge in [0.05, 0.1) is 15.6 Å². The molecule has 0 saturated carbocycles. The Morgan fingerprint density at radius 2 is 1.52 bits per heavy atom. The molecule has 0 aliphatic carbocycles. The second kappa shape index (κ2) is 9.56. The van der Waals surface area contributed by atoms with E-state index in [0.717, 1.165) is 18.4 Å². The van der Waals surface area contributed by atoms with Gasteiger partial charge in [-0.2, -0.15) is 0 Å². The second-order valence-electron chi connectivity index (χ2n) is 6.08. The van der Waals surface area contributed by atoms with Crippen LogP contribution in [0.5, 0.6) is 0 Å². The van der Waals surface area contributed by atoms with Crippen molar-refractivity contribution in [3.63, 3.8) is 0 Å². The Kier molecular flexibility index (Phi) is 6.88. The molecule has 0 heterocycles. The van der Waals surface area contributed by atoms with Gasteiger partial charge in [0, 0.05) is 0 Å². The average molecular weight is 400 g/mol. The first-order valence-electron chi connectivity index (χ1n) is 8.62. The van der Waals surface area contributed by atoms with Crippen LogP contribution in [0, 0.1) is 0 Å². The minimum Gasteiger partial charge on any atom is -0.269 e. The zero-order valence-corrected chi connectivity index (χ0v) is 16.1. The largest absolute Gasteiger partial charge is 0.276 e. The van der Waals surface area contributed by atoms with Crippen molar-refractivity contribution in [2.24, 2.45) is 0 Å². The Hall–Kier alpha value is -2.33. The monoisotopic (exact) mass is 399 g/mol. The van der Waals surface area contributed by atoms with Crippen molar-refractivity contribution in [2.45, 2.75) is 19.4 Å². The van der Waals surface area contributed by atoms with Gasteiger partial charge in [-0.3, -0.25) is 9.63 Å². The summed E-state index contributed by atoms with van der Waals surface area (Å²) in [5.74, 6) is -0.427. The summed E-state index contributed by atoms with van der Waals surface area (Å²) in [7, 11) is 0. The lowest BCUT2D eigenvalue weighted by Crippen LogP contribution is -2.24. The molecule has 0 radical (unpaired) electrons. The zero-order valence-electron chi connectivity index (χ0n) is 14.6. The van der Waals surface area contributed by atoms with Crippen molar-refractivity contribution in [3.05, 3.63) is 105 Å². The van der Waals surface area contributed by atoms with Crippen molar-refractivity contribution in [2.75, 3.05) is 0 Å². The number of hydroxylamine groups is 1. The fourth-order valence-electron chi connectivity index (χ4n) is 2.78. The predicted octanol–water partition coefficient (Wildman–Crippen LogP) is 5.64. The van der Waals surface area contributed by atoms with E-state index in [1.807, 2.05) is 36.4 Å². The zero-order chi connectivity index (χ0) is 19.1. The molecule has 1 N–H and O–H groups in total. The van der Waals surface area contributed by atoms with Gasteiger partial charge in [0.25, 0.3) is 5.91 Å².